The second-order valence-corrected chi connectivity index (χ2v) is 4.99. The molecular formula is C18H20O3. The first-order valence-electron chi connectivity index (χ1n) is 6.69. The number of aromatic hydroxyl groups is 1. The van der Waals surface area contributed by atoms with Gasteiger partial charge in [0.15, 0.2) is 11.5 Å². The lowest BCUT2D eigenvalue weighted by Crippen LogP contribution is -1.95. The van der Waals surface area contributed by atoms with E-state index in [1.54, 1.807) is 19.2 Å². The molecule has 3 heteroatoms. The third-order valence-corrected chi connectivity index (χ3v) is 3.72. The third kappa shape index (κ3) is 2.87. The summed E-state index contributed by atoms with van der Waals surface area (Å²) in [4.78, 5) is 0. The van der Waals surface area contributed by atoms with Crippen LogP contribution in [0.1, 0.15) is 22.3 Å². The average molecular weight is 284 g/mol. The minimum Gasteiger partial charge on any atom is -0.504 e. The van der Waals surface area contributed by atoms with Crippen LogP contribution in [-0.4, -0.2) is 19.3 Å². The molecule has 21 heavy (non-hydrogen) atoms. The van der Waals surface area contributed by atoms with Crippen molar-refractivity contribution in [2.24, 2.45) is 0 Å². The van der Waals surface area contributed by atoms with Gasteiger partial charge in [-0.15, -0.1) is 0 Å². The van der Waals surface area contributed by atoms with E-state index in [1.807, 2.05) is 26.0 Å². The van der Waals surface area contributed by atoms with E-state index in [0.717, 1.165) is 33.6 Å². The third-order valence-electron chi connectivity index (χ3n) is 3.72. The van der Waals surface area contributed by atoms with Crippen LogP contribution in [0.5, 0.6) is 17.2 Å². The predicted molar refractivity (Wildman–Crippen MR) is 85.3 cm³/mol. The normalized spacial score (nSPS) is 10.3. The van der Waals surface area contributed by atoms with Crippen molar-refractivity contribution in [1.82, 2.24) is 0 Å². The lowest BCUT2D eigenvalue weighted by Gasteiger charge is -2.14. The van der Waals surface area contributed by atoms with Gasteiger partial charge in [0.05, 0.1) is 14.2 Å². The molecule has 0 saturated carbocycles. The van der Waals surface area contributed by atoms with E-state index >= 15 is 0 Å². The van der Waals surface area contributed by atoms with E-state index in [0.29, 0.717) is 5.75 Å². The fourth-order valence-corrected chi connectivity index (χ4v) is 2.26. The van der Waals surface area contributed by atoms with Crippen LogP contribution in [0.15, 0.2) is 36.9 Å². The number of phenols is 1. The molecule has 0 heterocycles. The maximum atomic E-state index is 9.90. The van der Waals surface area contributed by atoms with Gasteiger partial charge in [-0.25, -0.2) is 0 Å². The smallest absolute Gasteiger partial charge is 0.160 e. The number of hydrogen-bond acceptors (Lipinski definition) is 3. The Morgan fingerprint density at radius 2 is 1.62 bits per heavy atom. The minimum absolute atomic E-state index is 0.104. The molecule has 0 fully saturated rings. The Morgan fingerprint density at radius 1 is 0.952 bits per heavy atom. The van der Waals surface area contributed by atoms with Crippen molar-refractivity contribution in [3.05, 3.63) is 59.2 Å². The van der Waals surface area contributed by atoms with Gasteiger partial charge in [-0.1, -0.05) is 18.7 Å². The van der Waals surface area contributed by atoms with Crippen LogP contribution in [-0.2, 0) is 0 Å². The number of aryl methyl sites for hydroxylation is 1. The molecule has 0 aliphatic rings. The molecule has 0 radical (unpaired) electrons. The number of hydrogen-bond donors (Lipinski definition) is 1. The van der Waals surface area contributed by atoms with E-state index < -0.39 is 0 Å². The molecule has 0 saturated heterocycles. The quantitative estimate of drug-likeness (QED) is 0.919. The Balaban J connectivity index is 2.45. The highest BCUT2D eigenvalue weighted by atomic mass is 16.5. The standard InChI is InChI=1S/C18H20O3/c1-11-8-15(10-18(21-5)12(11)2)13(3)14-6-7-17(20-4)16(19)9-14/h6-10,19H,3H2,1-2,4-5H3. The van der Waals surface area contributed by atoms with Crippen molar-refractivity contribution in [3.8, 4) is 17.2 Å². The molecular weight excluding hydrogens is 264 g/mol. The van der Waals surface area contributed by atoms with Gasteiger partial charge in [-0.3, -0.25) is 0 Å². The summed E-state index contributed by atoms with van der Waals surface area (Å²) < 4.78 is 10.5. The first-order chi connectivity index (χ1) is 9.97. The van der Waals surface area contributed by atoms with Crippen molar-refractivity contribution in [2.75, 3.05) is 14.2 Å². The van der Waals surface area contributed by atoms with Crippen molar-refractivity contribution in [2.45, 2.75) is 13.8 Å². The van der Waals surface area contributed by atoms with Crippen molar-refractivity contribution in [1.29, 1.82) is 0 Å². The first kappa shape index (κ1) is 15.0. The average Bonchev–Trinajstić information content (AvgIpc) is 2.49. The maximum Gasteiger partial charge on any atom is 0.160 e. The molecule has 2 aromatic carbocycles. The Hall–Kier alpha value is -2.42. The van der Waals surface area contributed by atoms with Gasteiger partial charge < -0.3 is 14.6 Å². The summed E-state index contributed by atoms with van der Waals surface area (Å²) in [6, 6.07) is 9.30. The van der Waals surface area contributed by atoms with Crippen LogP contribution in [0, 0.1) is 13.8 Å². The molecule has 0 aliphatic heterocycles. The zero-order valence-corrected chi connectivity index (χ0v) is 12.9. The molecule has 0 aliphatic carbocycles. The van der Waals surface area contributed by atoms with Gasteiger partial charge in [0.2, 0.25) is 0 Å². The number of methoxy groups -OCH3 is 2. The second kappa shape index (κ2) is 5.92. The van der Waals surface area contributed by atoms with Gasteiger partial charge in [-0.05, 0) is 59.9 Å². The number of rotatable bonds is 4. The van der Waals surface area contributed by atoms with Gasteiger partial charge in [0, 0.05) is 0 Å². The minimum atomic E-state index is 0.104. The summed E-state index contributed by atoms with van der Waals surface area (Å²) in [6.45, 7) is 8.20. The molecule has 0 bridgehead atoms. The second-order valence-electron chi connectivity index (χ2n) is 4.99. The van der Waals surface area contributed by atoms with Crippen molar-refractivity contribution >= 4 is 5.57 Å². The number of phenolic OH excluding ortho intramolecular Hbond substituents is 1. The molecule has 2 aromatic rings. The van der Waals surface area contributed by atoms with E-state index in [2.05, 4.69) is 12.6 Å². The van der Waals surface area contributed by atoms with Crippen LogP contribution in [0.4, 0.5) is 0 Å². The highest BCUT2D eigenvalue weighted by molar-refractivity contribution is 5.80. The fourth-order valence-electron chi connectivity index (χ4n) is 2.26. The molecule has 1 N–H and O–H groups in total. The highest BCUT2D eigenvalue weighted by Crippen LogP contribution is 2.33. The van der Waals surface area contributed by atoms with Crippen molar-refractivity contribution in [3.63, 3.8) is 0 Å². The molecule has 0 atom stereocenters. The number of benzene rings is 2. The van der Waals surface area contributed by atoms with E-state index in [-0.39, 0.29) is 5.75 Å². The van der Waals surface area contributed by atoms with Crippen LogP contribution in [0.3, 0.4) is 0 Å². The Kier molecular flexibility index (Phi) is 4.22. The van der Waals surface area contributed by atoms with E-state index in [9.17, 15) is 5.11 Å². The summed E-state index contributed by atoms with van der Waals surface area (Å²) in [6.07, 6.45) is 0. The monoisotopic (exact) mass is 284 g/mol. The topological polar surface area (TPSA) is 38.7 Å². The summed E-state index contributed by atoms with van der Waals surface area (Å²) in [5, 5.41) is 9.90. The predicted octanol–water partition coefficient (Wildman–Crippen LogP) is 4.09. The van der Waals surface area contributed by atoms with Gasteiger partial charge in [0.1, 0.15) is 5.75 Å². The summed E-state index contributed by atoms with van der Waals surface area (Å²) >= 11 is 0. The summed E-state index contributed by atoms with van der Waals surface area (Å²) in [5.74, 6) is 1.39. The summed E-state index contributed by atoms with van der Waals surface area (Å²) in [5.41, 5.74) is 4.90. The molecule has 3 nitrogen and oxygen atoms in total. The van der Waals surface area contributed by atoms with Gasteiger partial charge in [-0.2, -0.15) is 0 Å². The zero-order chi connectivity index (χ0) is 15.6. The van der Waals surface area contributed by atoms with Crippen molar-refractivity contribution < 1.29 is 14.6 Å². The Labute approximate surface area is 125 Å². The molecule has 0 amide bonds. The Morgan fingerprint density at radius 3 is 2.19 bits per heavy atom. The van der Waals surface area contributed by atoms with E-state index in [4.69, 9.17) is 9.47 Å². The van der Waals surface area contributed by atoms with Crippen LogP contribution < -0.4 is 9.47 Å². The molecule has 0 unspecified atom stereocenters. The van der Waals surface area contributed by atoms with E-state index in [1.165, 1.54) is 7.11 Å². The molecule has 0 aromatic heterocycles. The van der Waals surface area contributed by atoms with Gasteiger partial charge >= 0.3 is 0 Å². The van der Waals surface area contributed by atoms with Crippen LogP contribution in [0.2, 0.25) is 0 Å². The largest absolute Gasteiger partial charge is 0.504 e. The summed E-state index contributed by atoms with van der Waals surface area (Å²) in [7, 11) is 3.19. The fraction of sp³-hybridized carbons (Fsp3) is 0.222. The first-order valence-corrected chi connectivity index (χ1v) is 6.69. The van der Waals surface area contributed by atoms with Crippen LogP contribution in [0.25, 0.3) is 5.57 Å². The van der Waals surface area contributed by atoms with Crippen LogP contribution >= 0.6 is 0 Å². The number of ether oxygens (including phenoxy) is 2. The molecule has 110 valence electrons. The molecule has 0 spiro atoms. The lowest BCUT2D eigenvalue weighted by atomic mass is 9.95. The highest BCUT2D eigenvalue weighted by Gasteiger charge is 2.10. The maximum absolute atomic E-state index is 9.90. The lowest BCUT2D eigenvalue weighted by molar-refractivity contribution is 0.373. The SMILES string of the molecule is C=C(c1ccc(OC)c(O)c1)c1cc(C)c(C)c(OC)c1. The Bertz CT molecular complexity index is 687. The zero-order valence-electron chi connectivity index (χ0n) is 12.9. The van der Waals surface area contributed by atoms with Gasteiger partial charge in [0.25, 0.3) is 0 Å². The molecule has 2 rings (SSSR count).